The van der Waals surface area contributed by atoms with Crippen molar-refractivity contribution in [3.8, 4) is 0 Å². The van der Waals surface area contributed by atoms with Crippen LogP contribution in [-0.4, -0.2) is 47.0 Å². The molecule has 2 atom stereocenters. The lowest BCUT2D eigenvalue weighted by Gasteiger charge is -2.23. The molecule has 182 valence electrons. The molecule has 0 spiro atoms. The van der Waals surface area contributed by atoms with Crippen molar-refractivity contribution in [1.82, 2.24) is 20.0 Å². The van der Waals surface area contributed by atoms with Crippen LogP contribution in [0.4, 0.5) is 20.7 Å². The standard InChI is InChI=1S/C25H38FN5O2/c1-16(2)27-24(32)33-19-10-9-18(13-19)22-14-23(31(29-22)25(3,4)5)28-21-11-8-17(12-20(21)26)15-30(6)7/h8,11-12,14,16,18-19,28H,9-10,13,15H2,1-7H3,(H,27,32)/t18-,19+/m0/s1. The number of ether oxygens (including phenoxy) is 1. The van der Waals surface area contributed by atoms with Gasteiger partial charge < -0.3 is 20.3 Å². The number of nitrogens with zero attached hydrogens (tertiary/aromatic N) is 3. The number of hydrogen-bond acceptors (Lipinski definition) is 5. The third kappa shape index (κ3) is 6.69. The van der Waals surface area contributed by atoms with Gasteiger partial charge in [-0.1, -0.05) is 6.07 Å². The minimum atomic E-state index is -0.369. The van der Waals surface area contributed by atoms with E-state index in [0.29, 0.717) is 12.2 Å². The minimum absolute atomic E-state index is 0.0446. The Morgan fingerprint density at radius 3 is 2.61 bits per heavy atom. The van der Waals surface area contributed by atoms with Crippen molar-refractivity contribution in [3.63, 3.8) is 0 Å². The Hall–Kier alpha value is -2.61. The van der Waals surface area contributed by atoms with Crippen LogP contribution in [0.5, 0.6) is 0 Å². The first-order valence-electron chi connectivity index (χ1n) is 11.7. The molecule has 2 N–H and O–H groups in total. The second-order valence-electron chi connectivity index (χ2n) is 10.6. The van der Waals surface area contributed by atoms with Crippen molar-refractivity contribution >= 4 is 17.6 Å². The highest BCUT2D eigenvalue weighted by Crippen LogP contribution is 2.38. The summed E-state index contributed by atoms with van der Waals surface area (Å²) in [6, 6.07) is 7.33. The molecule has 0 aliphatic heterocycles. The summed E-state index contributed by atoms with van der Waals surface area (Å²) in [6.07, 6.45) is 1.95. The maximum atomic E-state index is 14.8. The monoisotopic (exact) mass is 459 g/mol. The highest BCUT2D eigenvalue weighted by Gasteiger charge is 2.32. The molecule has 7 nitrogen and oxygen atoms in total. The Bertz CT molecular complexity index is 964. The highest BCUT2D eigenvalue weighted by atomic mass is 19.1. The first-order chi connectivity index (χ1) is 15.4. The Morgan fingerprint density at radius 1 is 1.27 bits per heavy atom. The zero-order valence-electron chi connectivity index (χ0n) is 20.9. The summed E-state index contributed by atoms with van der Waals surface area (Å²) in [7, 11) is 3.92. The van der Waals surface area contributed by atoms with Gasteiger partial charge in [0.05, 0.1) is 16.9 Å². The van der Waals surface area contributed by atoms with Gasteiger partial charge >= 0.3 is 6.09 Å². The molecule has 8 heteroatoms. The fourth-order valence-electron chi connectivity index (χ4n) is 4.20. The lowest BCUT2D eigenvalue weighted by Crippen LogP contribution is -2.33. The van der Waals surface area contributed by atoms with Crippen molar-refractivity contribution in [2.45, 2.75) is 84.0 Å². The van der Waals surface area contributed by atoms with Crippen LogP contribution in [0, 0.1) is 5.82 Å². The Balaban J connectivity index is 1.76. The molecule has 3 rings (SSSR count). The van der Waals surface area contributed by atoms with E-state index in [2.05, 4.69) is 31.4 Å². The lowest BCUT2D eigenvalue weighted by molar-refractivity contribution is 0.0981. The van der Waals surface area contributed by atoms with Crippen molar-refractivity contribution in [1.29, 1.82) is 0 Å². The van der Waals surface area contributed by atoms with E-state index in [9.17, 15) is 9.18 Å². The smallest absolute Gasteiger partial charge is 0.407 e. The van der Waals surface area contributed by atoms with Gasteiger partial charge in [0, 0.05) is 24.6 Å². The third-order valence-corrected chi connectivity index (χ3v) is 5.64. The van der Waals surface area contributed by atoms with Crippen molar-refractivity contribution in [3.05, 3.63) is 41.3 Å². The van der Waals surface area contributed by atoms with E-state index in [0.717, 1.165) is 36.3 Å². The van der Waals surface area contributed by atoms with E-state index in [-0.39, 0.29) is 35.5 Å². The van der Waals surface area contributed by atoms with Gasteiger partial charge in [-0.25, -0.2) is 13.9 Å². The second-order valence-corrected chi connectivity index (χ2v) is 10.6. The summed E-state index contributed by atoms with van der Waals surface area (Å²) in [4.78, 5) is 14.0. The molecule has 1 heterocycles. The molecule has 1 aromatic heterocycles. The highest BCUT2D eigenvalue weighted by molar-refractivity contribution is 5.67. The van der Waals surface area contributed by atoms with Crippen molar-refractivity contribution in [2.24, 2.45) is 0 Å². The van der Waals surface area contributed by atoms with Gasteiger partial charge in [-0.05, 0) is 85.7 Å². The topological polar surface area (TPSA) is 71.4 Å². The number of benzene rings is 1. The van der Waals surface area contributed by atoms with Crippen LogP contribution in [0.2, 0.25) is 0 Å². The largest absolute Gasteiger partial charge is 0.446 e. The zero-order valence-corrected chi connectivity index (χ0v) is 20.9. The molecule has 1 saturated carbocycles. The fraction of sp³-hybridized carbons (Fsp3) is 0.600. The first kappa shape index (κ1) is 25.0. The molecule has 1 amide bonds. The number of carbonyl (C=O) groups is 1. The molecule has 0 radical (unpaired) electrons. The molecule has 0 unspecified atom stereocenters. The van der Waals surface area contributed by atoms with Gasteiger partial charge in [-0.15, -0.1) is 0 Å². The van der Waals surface area contributed by atoms with Crippen LogP contribution in [0.1, 0.15) is 71.1 Å². The predicted molar refractivity (Wildman–Crippen MR) is 129 cm³/mol. The van der Waals surface area contributed by atoms with E-state index < -0.39 is 0 Å². The Kier molecular flexibility index (Phi) is 7.67. The average Bonchev–Trinajstić information content (AvgIpc) is 3.29. The molecule has 1 aliphatic rings. The van der Waals surface area contributed by atoms with Crippen LogP contribution in [0.25, 0.3) is 0 Å². The minimum Gasteiger partial charge on any atom is -0.446 e. The number of nitrogens with one attached hydrogen (secondary N) is 2. The maximum absolute atomic E-state index is 14.8. The van der Waals surface area contributed by atoms with E-state index in [4.69, 9.17) is 9.84 Å². The van der Waals surface area contributed by atoms with Gasteiger partial charge in [0.2, 0.25) is 0 Å². The summed E-state index contributed by atoms with van der Waals surface area (Å²) in [5.74, 6) is 0.653. The molecule has 1 aliphatic carbocycles. The number of rotatable bonds is 7. The maximum Gasteiger partial charge on any atom is 0.407 e. The van der Waals surface area contributed by atoms with Crippen molar-refractivity contribution in [2.75, 3.05) is 19.4 Å². The third-order valence-electron chi connectivity index (χ3n) is 5.64. The van der Waals surface area contributed by atoms with Crippen LogP contribution in [0.15, 0.2) is 24.3 Å². The Morgan fingerprint density at radius 2 is 2.00 bits per heavy atom. The number of aromatic nitrogens is 2. The van der Waals surface area contributed by atoms with Crippen LogP contribution in [-0.2, 0) is 16.8 Å². The number of carbonyl (C=O) groups excluding carboxylic acids is 1. The first-order valence-corrected chi connectivity index (χ1v) is 11.7. The second kappa shape index (κ2) is 10.1. The van der Waals surface area contributed by atoms with Gasteiger partial charge in [-0.2, -0.15) is 5.10 Å². The summed E-state index contributed by atoms with van der Waals surface area (Å²) in [5, 5.41) is 10.9. The van der Waals surface area contributed by atoms with Crippen LogP contribution in [0.3, 0.4) is 0 Å². The molecule has 33 heavy (non-hydrogen) atoms. The number of amides is 1. The van der Waals surface area contributed by atoms with Crippen molar-refractivity contribution < 1.29 is 13.9 Å². The average molecular weight is 460 g/mol. The summed E-state index contributed by atoms with van der Waals surface area (Å²) in [6.45, 7) is 10.7. The molecule has 2 aromatic rings. The molecule has 0 saturated heterocycles. The normalized spacial score (nSPS) is 18.7. The summed E-state index contributed by atoms with van der Waals surface area (Å²) >= 11 is 0. The van der Waals surface area contributed by atoms with Crippen LogP contribution >= 0.6 is 0 Å². The van der Waals surface area contributed by atoms with E-state index in [1.54, 1.807) is 12.1 Å². The number of anilines is 2. The van der Waals surface area contributed by atoms with Gasteiger partial charge in [0.1, 0.15) is 17.7 Å². The molecule has 1 fully saturated rings. The Labute approximate surface area is 196 Å². The number of hydrogen-bond donors (Lipinski definition) is 2. The quantitative estimate of drug-likeness (QED) is 0.584. The zero-order chi connectivity index (χ0) is 24.3. The van der Waals surface area contributed by atoms with E-state index in [1.807, 2.05) is 49.7 Å². The fourth-order valence-corrected chi connectivity index (χ4v) is 4.20. The number of alkyl carbamates (subject to hydrolysis) is 1. The van der Waals surface area contributed by atoms with Crippen LogP contribution < -0.4 is 10.6 Å². The van der Waals surface area contributed by atoms with Gasteiger partial charge in [0.15, 0.2) is 0 Å². The molecule has 1 aromatic carbocycles. The lowest BCUT2D eigenvalue weighted by atomic mass is 10.0. The molecular formula is C25H38FN5O2. The SMILES string of the molecule is CC(C)NC(=O)O[C@@H]1CC[C@H](c2cc(Nc3ccc(CN(C)C)cc3F)n(C(C)(C)C)n2)C1. The van der Waals surface area contributed by atoms with E-state index >= 15 is 0 Å². The van der Waals surface area contributed by atoms with Gasteiger partial charge in [-0.3, -0.25) is 0 Å². The van der Waals surface area contributed by atoms with E-state index in [1.165, 1.54) is 0 Å². The number of halogens is 1. The predicted octanol–water partition coefficient (Wildman–Crippen LogP) is 5.35. The molecule has 0 bridgehead atoms. The molecular weight excluding hydrogens is 421 g/mol. The summed E-state index contributed by atoms with van der Waals surface area (Å²) in [5.41, 5.74) is 2.00. The summed E-state index contributed by atoms with van der Waals surface area (Å²) < 4.78 is 22.3. The van der Waals surface area contributed by atoms with Gasteiger partial charge in [0.25, 0.3) is 0 Å².